The van der Waals surface area contributed by atoms with Crippen LogP contribution >= 0.6 is 0 Å². The lowest BCUT2D eigenvalue weighted by molar-refractivity contribution is -0.389. The van der Waals surface area contributed by atoms with Crippen LogP contribution in [0.3, 0.4) is 0 Å². The van der Waals surface area contributed by atoms with Crippen molar-refractivity contribution in [1.82, 2.24) is 0 Å². The van der Waals surface area contributed by atoms with Crippen LogP contribution in [0.2, 0.25) is 0 Å². The summed E-state index contributed by atoms with van der Waals surface area (Å²) in [5.74, 6) is 1.51. The summed E-state index contributed by atoms with van der Waals surface area (Å²) in [5, 5.41) is 87.5. The molecule has 8 N–H and O–H groups in total. The molecule has 0 unspecified atom stereocenters. The minimum Gasteiger partial charge on any atom is -0.462 e. The van der Waals surface area contributed by atoms with E-state index in [0.29, 0.717) is 48.9 Å². The standard InChI is InChI=1S/C61H104O18/c1-8-9-10-11-12-13-14-15-16-17-18-19-20-21-45(63)75-42-29-38-39(24-26-60(7)40(38)30-43-46(60)34(3)61(79-43)27-22-33(2)32-71-61)59(6)25-23-37(28-41(42)59)74-58-55(78-57-52(69)50(67)48(65)36(5)73-57)53(70)54(44(31-62)76-58)77-56-51(68)49(66)47(64)35(4)72-56/h33-44,46-58,62,64-70H,8-32H2,1-7H3/t33-,34+,35+,36+,37+,38-,39+,40+,41-,42+,43+,44-,46+,47+,48+,49-,50-,51-,52-,53+,54-,55-,56+,57+,58-,59-,60+,61-/m1/s1. The van der Waals surface area contributed by atoms with E-state index in [1.54, 1.807) is 0 Å². The number of aliphatic hydroxyl groups is 8. The first-order valence-corrected chi connectivity index (χ1v) is 31.6. The fraction of sp³-hybridized carbons (Fsp3) is 0.984. The highest BCUT2D eigenvalue weighted by Crippen LogP contribution is 2.72. The van der Waals surface area contributed by atoms with Crippen molar-refractivity contribution in [1.29, 1.82) is 0 Å². The van der Waals surface area contributed by atoms with Crippen LogP contribution in [0, 0.1) is 52.3 Å². The van der Waals surface area contributed by atoms with Crippen molar-refractivity contribution in [2.45, 2.75) is 312 Å². The molecular weight excluding hydrogens is 1020 g/mol. The van der Waals surface area contributed by atoms with E-state index in [1.807, 2.05) is 0 Å². The van der Waals surface area contributed by atoms with Gasteiger partial charge in [-0.25, -0.2) is 0 Å². The van der Waals surface area contributed by atoms with Gasteiger partial charge in [0.15, 0.2) is 24.7 Å². The fourth-order valence-electron chi connectivity index (χ4n) is 17.2. The Morgan fingerprint density at radius 2 is 1.15 bits per heavy atom. The largest absolute Gasteiger partial charge is 0.462 e. The van der Waals surface area contributed by atoms with Crippen LogP contribution < -0.4 is 0 Å². The van der Waals surface area contributed by atoms with Gasteiger partial charge in [-0.15, -0.1) is 0 Å². The van der Waals surface area contributed by atoms with Gasteiger partial charge >= 0.3 is 5.97 Å². The number of esters is 1. The molecule has 5 saturated heterocycles. The number of carbonyl (C=O) groups is 1. The van der Waals surface area contributed by atoms with Crippen LogP contribution in [-0.4, -0.2) is 176 Å². The molecule has 0 radical (unpaired) electrons. The van der Waals surface area contributed by atoms with Gasteiger partial charge in [-0.05, 0) is 112 Å². The second kappa shape index (κ2) is 26.6. The number of unbranched alkanes of at least 4 members (excludes halogenated alkanes) is 12. The number of aliphatic hydroxyl groups excluding tert-OH is 8. The lowest BCUT2D eigenvalue weighted by Crippen LogP contribution is -2.66. The first kappa shape index (κ1) is 62.4. The topological polar surface area (TPSA) is 262 Å². The lowest BCUT2D eigenvalue weighted by Gasteiger charge is -2.63. The molecule has 4 aliphatic carbocycles. The summed E-state index contributed by atoms with van der Waals surface area (Å²) in [6, 6.07) is 0. The maximum Gasteiger partial charge on any atom is 0.306 e. The van der Waals surface area contributed by atoms with Crippen molar-refractivity contribution >= 4 is 5.97 Å². The molecule has 0 amide bonds. The van der Waals surface area contributed by atoms with E-state index in [9.17, 15) is 45.6 Å². The number of hydrogen-bond donors (Lipinski definition) is 8. The van der Waals surface area contributed by atoms with Crippen molar-refractivity contribution in [2.75, 3.05) is 13.2 Å². The molecule has 9 aliphatic rings. The van der Waals surface area contributed by atoms with E-state index in [2.05, 4.69) is 34.6 Å². The molecule has 5 heterocycles. The van der Waals surface area contributed by atoms with Crippen LogP contribution in [-0.2, 0) is 47.4 Å². The quantitative estimate of drug-likeness (QED) is 0.0335. The monoisotopic (exact) mass is 1120 g/mol. The summed E-state index contributed by atoms with van der Waals surface area (Å²) in [6.07, 6.45) is 0.967. The molecule has 0 aromatic rings. The number of rotatable bonds is 22. The summed E-state index contributed by atoms with van der Waals surface area (Å²) in [4.78, 5) is 14.2. The predicted octanol–water partition coefficient (Wildman–Crippen LogP) is 6.32. The minimum atomic E-state index is -1.76. The molecule has 456 valence electrons. The molecule has 0 bridgehead atoms. The fourth-order valence-corrected chi connectivity index (χ4v) is 17.2. The first-order chi connectivity index (χ1) is 37.7. The lowest BCUT2D eigenvalue weighted by atomic mass is 9.43. The normalized spacial score (nSPS) is 49.7. The maximum atomic E-state index is 14.2. The second-order valence-corrected chi connectivity index (χ2v) is 27.1. The first-order valence-electron chi connectivity index (χ1n) is 31.6. The Morgan fingerprint density at radius 1 is 0.570 bits per heavy atom. The van der Waals surface area contributed by atoms with Crippen molar-refractivity contribution < 1.29 is 88.3 Å². The molecule has 79 heavy (non-hydrogen) atoms. The smallest absolute Gasteiger partial charge is 0.306 e. The van der Waals surface area contributed by atoms with Crippen LogP contribution in [0.4, 0.5) is 0 Å². The Kier molecular flexibility index (Phi) is 21.0. The minimum absolute atomic E-state index is 0.0505. The molecule has 0 aromatic heterocycles. The third-order valence-electron chi connectivity index (χ3n) is 22.0. The van der Waals surface area contributed by atoms with E-state index in [0.717, 1.165) is 70.8 Å². The van der Waals surface area contributed by atoms with Gasteiger partial charge in [0.2, 0.25) is 0 Å². The second-order valence-electron chi connectivity index (χ2n) is 27.1. The summed E-state index contributed by atoms with van der Waals surface area (Å²) in [5.41, 5.74) is -0.161. The molecule has 18 nitrogen and oxygen atoms in total. The van der Waals surface area contributed by atoms with Crippen LogP contribution in [0.5, 0.6) is 0 Å². The summed E-state index contributed by atoms with van der Waals surface area (Å²) in [7, 11) is 0. The van der Waals surface area contributed by atoms with E-state index in [-0.39, 0.29) is 40.8 Å². The Bertz CT molecular complexity index is 1920. The summed E-state index contributed by atoms with van der Waals surface area (Å²) < 4.78 is 57.9. The highest BCUT2D eigenvalue weighted by Gasteiger charge is 2.70. The molecule has 18 heteroatoms. The van der Waals surface area contributed by atoms with Gasteiger partial charge in [-0.2, -0.15) is 0 Å². The van der Waals surface area contributed by atoms with Crippen molar-refractivity contribution in [3.63, 3.8) is 0 Å². The molecular formula is C61H104O18. The Balaban J connectivity index is 0.912. The summed E-state index contributed by atoms with van der Waals surface area (Å²) >= 11 is 0. The van der Waals surface area contributed by atoms with Gasteiger partial charge in [-0.3, -0.25) is 4.79 Å². The van der Waals surface area contributed by atoms with Crippen LogP contribution in [0.25, 0.3) is 0 Å². The predicted molar refractivity (Wildman–Crippen MR) is 288 cm³/mol. The highest BCUT2D eigenvalue weighted by molar-refractivity contribution is 5.69. The average Bonchev–Trinajstić information content (AvgIpc) is 4.14. The SMILES string of the molecule is CCCCCCCCCCCCCCCC(=O)O[C@H]1C[C@@H]2[C@H](CC[C@]3(C)[C@@H]4[C@H](C[C@@H]23)O[C@]2(CC[C@@H](C)CO2)[C@H]4C)[C@@]2(C)CC[C@H](O[C@@H]3O[C@H](CO)[C@@H](O[C@@H]4O[C@@H](C)[C@H](O)[C@@H](O)[C@H]4O)[C@H](O)[C@H]3O[C@@H]3O[C@@H](C)[C@H](O)[C@@H](O)[C@H]3O)C[C@H]12. The third-order valence-corrected chi connectivity index (χ3v) is 22.0. The molecule has 9 fully saturated rings. The highest BCUT2D eigenvalue weighted by atomic mass is 16.8. The number of hydrogen-bond acceptors (Lipinski definition) is 18. The van der Waals surface area contributed by atoms with E-state index in [1.165, 1.54) is 78.1 Å². The van der Waals surface area contributed by atoms with Crippen LogP contribution in [0.15, 0.2) is 0 Å². The zero-order valence-electron chi connectivity index (χ0n) is 48.8. The number of fused-ring (bicyclic) bond motifs is 7. The van der Waals surface area contributed by atoms with Crippen molar-refractivity contribution in [3.8, 4) is 0 Å². The van der Waals surface area contributed by atoms with Crippen molar-refractivity contribution in [2.24, 2.45) is 52.3 Å². The van der Waals surface area contributed by atoms with Gasteiger partial charge in [-0.1, -0.05) is 112 Å². The molecule has 0 aromatic carbocycles. The van der Waals surface area contributed by atoms with Gasteiger partial charge in [0.1, 0.15) is 67.1 Å². The van der Waals surface area contributed by atoms with E-state index in [4.69, 9.17) is 42.6 Å². The molecule has 5 aliphatic heterocycles. The number of ether oxygens (including phenoxy) is 9. The summed E-state index contributed by atoms with van der Waals surface area (Å²) in [6.45, 7) is 14.8. The molecule has 4 saturated carbocycles. The molecule has 28 atom stereocenters. The zero-order chi connectivity index (χ0) is 56.6. The Morgan fingerprint density at radius 3 is 1.73 bits per heavy atom. The van der Waals surface area contributed by atoms with Crippen molar-refractivity contribution in [3.05, 3.63) is 0 Å². The van der Waals surface area contributed by atoms with Gasteiger partial charge in [0, 0.05) is 24.7 Å². The van der Waals surface area contributed by atoms with Crippen LogP contribution in [0.1, 0.15) is 196 Å². The van der Waals surface area contributed by atoms with Gasteiger partial charge < -0.3 is 83.5 Å². The van der Waals surface area contributed by atoms with Gasteiger partial charge in [0.25, 0.3) is 0 Å². The maximum absolute atomic E-state index is 14.2. The molecule has 9 rings (SSSR count). The van der Waals surface area contributed by atoms with E-state index >= 15 is 0 Å². The Labute approximate surface area is 470 Å². The number of carbonyl (C=O) groups excluding carboxylic acids is 1. The van der Waals surface area contributed by atoms with Gasteiger partial charge in [0.05, 0.1) is 37.6 Å². The molecule has 1 spiro atoms. The zero-order valence-corrected chi connectivity index (χ0v) is 48.8. The Hall–Kier alpha value is -1.17. The third kappa shape index (κ3) is 12.9. The van der Waals surface area contributed by atoms with E-state index < -0.39 is 111 Å². The average molecular weight is 1130 g/mol.